The number of aliphatic carboxylic acids is 1. The Bertz CT molecular complexity index is 444. The van der Waals surface area contributed by atoms with Crippen molar-refractivity contribution in [2.45, 2.75) is 64.0 Å². The number of urea groups is 1. The van der Waals surface area contributed by atoms with Crippen molar-refractivity contribution >= 4 is 12.0 Å². The highest BCUT2D eigenvalue weighted by Crippen LogP contribution is 2.25. The fraction of sp³-hybridized carbons (Fsp3) is 0.765. The molecule has 23 heavy (non-hydrogen) atoms. The van der Waals surface area contributed by atoms with Crippen molar-refractivity contribution in [1.82, 2.24) is 15.5 Å². The van der Waals surface area contributed by atoms with E-state index in [0.29, 0.717) is 6.54 Å². The molecular weight excluding hydrogens is 294 g/mol. The van der Waals surface area contributed by atoms with E-state index in [1.807, 2.05) is 11.8 Å². The molecule has 2 amide bonds. The van der Waals surface area contributed by atoms with Gasteiger partial charge in [-0.3, -0.25) is 9.69 Å². The third-order valence-corrected chi connectivity index (χ3v) is 4.83. The van der Waals surface area contributed by atoms with Crippen LogP contribution in [-0.4, -0.2) is 53.7 Å². The van der Waals surface area contributed by atoms with Crippen LogP contribution in [0.5, 0.6) is 0 Å². The molecule has 130 valence electrons. The van der Waals surface area contributed by atoms with Crippen LogP contribution in [0.1, 0.15) is 51.9 Å². The first kappa shape index (κ1) is 17.8. The average molecular weight is 323 g/mol. The van der Waals surface area contributed by atoms with E-state index in [1.165, 1.54) is 31.3 Å². The van der Waals surface area contributed by atoms with Gasteiger partial charge in [0.1, 0.15) is 0 Å². The van der Waals surface area contributed by atoms with E-state index >= 15 is 0 Å². The summed E-state index contributed by atoms with van der Waals surface area (Å²) in [6.07, 6.45) is 9.83. The van der Waals surface area contributed by atoms with E-state index in [2.05, 4.69) is 16.7 Å². The standard InChI is InChI=1S/C17H29N3O3/c1-2-20(12-16(21)22)15-10-14(11-15)19-17(23)18-9-8-13-6-4-3-5-7-13/h6,14-15H,2-5,7-12H2,1H3,(H,21,22)(H2,18,19,23). The highest BCUT2D eigenvalue weighted by Gasteiger charge is 2.34. The van der Waals surface area contributed by atoms with Gasteiger partial charge in [0.2, 0.25) is 0 Å². The predicted octanol–water partition coefficient (Wildman–Crippen LogP) is 2.11. The highest BCUT2D eigenvalue weighted by molar-refractivity contribution is 5.74. The number of hydrogen-bond donors (Lipinski definition) is 3. The lowest BCUT2D eigenvalue weighted by Gasteiger charge is -2.42. The number of carboxylic acid groups (broad SMARTS) is 1. The molecule has 0 heterocycles. The zero-order chi connectivity index (χ0) is 16.7. The largest absolute Gasteiger partial charge is 0.480 e. The number of rotatable bonds is 8. The third-order valence-electron chi connectivity index (χ3n) is 4.83. The summed E-state index contributed by atoms with van der Waals surface area (Å²) in [6, 6.07) is 0.330. The minimum absolute atomic E-state index is 0.0786. The predicted molar refractivity (Wildman–Crippen MR) is 89.4 cm³/mol. The van der Waals surface area contributed by atoms with Crippen molar-refractivity contribution in [3.05, 3.63) is 11.6 Å². The molecule has 6 heteroatoms. The summed E-state index contributed by atoms with van der Waals surface area (Å²) in [5.74, 6) is -0.794. The van der Waals surface area contributed by atoms with Crippen LogP contribution in [-0.2, 0) is 4.79 Å². The maximum absolute atomic E-state index is 11.9. The van der Waals surface area contributed by atoms with Gasteiger partial charge in [-0.1, -0.05) is 18.6 Å². The van der Waals surface area contributed by atoms with Gasteiger partial charge in [0.15, 0.2) is 0 Å². The van der Waals surface area contributed by atoms with Gasteiger partial charge >= 0.3 is 12.0 Å². The first-order valence-electron chi connectivity index (χ1n) is 8.76. The van der Waals surface area contributed by atoms with Crippen LogP contribution in [0.3, 0.4) is 0 Å². The number of carboxylic acids is 1. The van der Waals surface area contributed by atoms with Crippen molar-refractivity contribution in [3.63, 3.8) is 0 Å². The Labute approximate surface area is 138 Å². The molecule has 0 atom stereocenters. The van der Waals surface area contributed by atoms with Gasteiger partial charge in [0.25, 0.3) is 0 Å². The molecule has 0 saturated heterocycles. The lowest BCUT2D eigenvalue weighted by atomic mass is 9.85. The molecule has 0 bridgehead atoms. The molecule has 6 nitrogen and oxygen atoms in total. The van der Waals surface area contributed by atoms with E-state index in [4.69, 9.17) is 5.11 Å². The Balaban J connectivity index is 1.58. The summed E-state index contributed by atoms with van der Waals surface area (Å²) in [7, 11) is 0. The van der Waals surface area contributed by atoms with Gasteiger partial charge in [-0.15, -0.1) is 0 Å². The first-order valence-corrected chi connectivity index (χ1v) is 8.76. The monoisotopic (exact) mass is 323 g/mol. The molecule has 3 N–H and O–H groups in total. The Morgan fingerprint density at radius 1 is 1.35 bits per heavy atom. The van der Waals surface area contributed by atoms with Gasteiger partial charge in [-0.2, -0.15) is 0 Å². The van der Waals surface area contributed by atoms with E-state index in [-0.39, 0.29) is 24.7 Å². The van der Waals surface area contributed by atoms with E-state index in [9.17, 15) is 9.59 Å². The topological polar surface area (TPSA) is 81.7 Å². The van der Waals surface area contributed by atoms with Crippen molar-refractivity contribution in [1.29, 1.82) is 0 Å². The number of likely N-dealkylation sites (N-methyl/N-ethyl adjacent to an activating group) is 1. The molecule has 1 saturated carbocycles. The molecule has 1 fully saturated rings. The summed E-state index contributed by atoms with van der Waals surface area (Å²) in [5.41, 5.74) is 1.47. The van der Waals surface area contributed by atoms with Gasteiger partial charge in [-0.05, 0) is 51.5 Å². The summed E-state index contributed by atoms with van der Waals surface area (Å²) in [4.78, 5) is 24.6. The third kappa shape index (κ3) is 5.86. The van der Waals surface area contributed by atoms with Crippen LogP contribution in [0.4, 0.5) is 4.79 Å². The zero-order valence-electron chi connectivity index (χ0n) is 14.0. The normalized spacial score (nSPS) is 23.8. The Morgan fingerprint density at radius 2 is 2.13 bits per heavy atom. The molecule has 0 aromatic rings. The molecule has 2 aliphatic rings. The van der Waals surface area contributed by atoms with Crippen LogP contribution >= 0.6 is 0 Å². The molecule has 2 aliphatic carbocycles. The van der Waals surface area contributed by atoms with Gasteiger partial charge in [0.05, 0.1) is 6.54 Å². The number of hydrogen-bond acceptors (Lipinski definition) is 3. The second-order valence-electron chi connectivity index (χ2n) is 6.54. The molecule has 0 radical (unpaired) electrons. The molecule has 0 unspecified atom stereocenters. The van der Waals surface area contributed by atoms with Crippen molar-refractivity contribution in [2.24, 2.45) is 0 Å². The quantitative estimate of drug-likeness (QED) is 0.598. The second-order valence-corrected chi connectivity index (χ2v) is 6.54. The van der Waals surface area contributed by atoms with Gasteiger partial charge < -0.3 is 15.7 Å². The molecule has 0 aliphatic heterocycles. The summed E-state index contributed by atoms with van der Waals surface area (Å²) in [5, 5.41) is 14.8. The average Bonchev–Trinajstić information content (AvgIpc) is 2.49. The minimum atomic E-state index is -0.794. The lowest BCUT2D eigenvalue weighted by molar-refractivity contribution is -0.139. The molecular formula is C17H29N3O3. The van der Waals surface area contributed by atoms with Crippen molar-refractivity contribution in [2.75, 3.05) is 19.6 Å². The summed E-state index contributed by atoms with van der Waals surface area (Å²) >= 11 is 0. The second kappa shape index (κ2) is 8.91. The highest BCUT2D eigenvalue weighted by atomic mass is 16.4. The zero-order valence-corrected chi connectivity index (χ0v) is 14.0. The number of nitrogens with zero attached hydrogens (tertiary/aromatic N) is 1. The molecule has 0 aromatic carbocycles. The van der Waals surface area contributed by atoms with Crippen LogP contribution in [0, 0.1) is 0 Å². The summed E-state index contributed by atoms with van der Waals surface area (Å²) in [6.45, 7) is 3.46. The van der Waals surface area contributed by atoms with Gasteiger partial charge in [-0.25, -0.2) is 4.79 Å². The smallest absolute Gasteiger partial charge is 0.317 e. The molecule has 0 aromatic heterocycles. The minimum Gasteiger partial charge on any atom is -0.480 e. The number of carbonyl (C=O) groups excluding carboxylic acids is 1. The molecule has 0 spiro atoms. The van der Waals surface area contributed by atoms with Crippen molar-refractivity contribution in [3.8, 4) is 0 Å². The van der Waals surface area contributed by atoms with Crippen LogP contribution in [0.25, 0.3) is 0 Å². The number of carbonyl (C=O) groups is 2. The Hall–Kier alpha value is -1.56. The molecule has 2 rings (SSSR count). The number of nitrogens with one attached hydrogen (secondary N) is 2. The van der Waals surface area contributed by atoms with Crippen molar-refractivity contribution < 1.29 is 14.7 Å². The van der Waals surface area contributed by atoms with E-state index in [1.54, 1.807) is 0 Å². The first-order chi connectivity index (χ1) is 11.1. The fourth-order valence-corrected chi connectivity index (χ4v) is 3.38. The Morgan fingerprint density at radius 3 is 2.74 bits per heavy atom. The van der Waals surface area contributed by atoms with Crippen LogP contribution in [0.2, 0.25) is 0 Å². The summed E-state index contributed by atoms with van der Waals surface area (Å²) < 4.78 is 0. The maximum atomic E-state index is 11.9. The van der Waals surface area contributed by atoms with Crippen LogP contribution < -0.4 is 10.6 Å². The van der Waals surface area contributed by atoms with Gasteiger partial charge in [0, 0.05) is 18.6 Å². The number of allylic oxidation sites excluding steroid dienone is 1. The van der Waals surface area contributed by atoms with E-state index in [0.717, 1.165) is 25.8 Å². The SMILES string of the molecule is CCN(CC(=O)O)C1CC(NC(=O)NCCC2=CCCCC2)C1. The Kier molecular flexibility index (Phi) is 6.89. The van der Waals surface area contributed by atoms with E-state index < -0.39 is 5.97 Å². The van der Waals surface area contributed by atoms with Crippen LogP contribution in [0.15, 0.2) is 11.6 Å². The number of amides is 2. The maximum Gasteiger partial charge on any atom is 0.317 e. The fourth-order valence-electron chi connectivity index (χ4n) is 3.38. The lowest BCUT2D eigenvalue weighted by Crippen LogP contribution is -2.56.